The third-order valence-corrected chi connectivity index (χ3v) is 3.94. The van der Waals surface area contributed by atoms with Crippen molar-refractivity contribution in [2.45, 2.75) is 26.8 Å². The number of amides is 3. The van der Waals surface area contributed by atoms with E-state index in [-0.39, 0.29) is 16.8 Å². The fourth-order valence-electron chi connectivity index (χ4n) is 2.21. The number of benzene rings is 1. The van der Waals surface area contributed by atoms with Crippen LogP contribution in [0.1, 0.15) is 19.5 Å². The molecule has 2 aromatic rings. The molecule has 0 aliphatic carbocycles. The van der Waals surface area contributed by atoms with E-state index in [0.29, 0.717) is 15.9 Å². The number of hydrogen-bond donors (Lipinski definition) is 2. The predicted octanol–water partition coefficient (Wildman–Crippen LogP) is 3.01. The van der Waals surface area contributed by atoms with E-state index < -0.39 is 31.1 Å². The smallest absolute Gasteiger partial charge is 0.344 e. The first-order valence-electron chi connectivity index (χ1n) is 8.31. The number of rotatable bonds is 6. The minimum absolute atomic E-state index is 0.139. The van der Waals surface area contributed by atoms with Crippen molar-refractivity contribution in [1.82, 2.24) is 15.6 Å². The van der Waals surface area contributed by atoms with E-state index in [1.54, 1.807) is 32.9 Å². The normalized spacial score (nSPS) is 10.6. The van der Waals surface area contributed by atoms with Crippen molar-refractivity contribution in [1.29, 1.82) is 0 Å². The highest BCUT2D eigenvalue weighted by atomic mass is 35.5. The summed E-state index contributed by atoms with van der Waals surface area (Å²) in [6, 6.07) is 4.24. The number of carbonyl (C=O) groups is 3. The molecule has 0 atom stereocenters. The lowest BCUT2D eigenvalue weighted by molar-refractivity contribution is -0.150. The molecular weight excluding hydrogens is 409 g/mol. The molecule has 3 amide bonds. The second kappa shape index (κ2) is 9.57. The number of nitrogens with zero attached hydrogens (tertiary/aromatic N) is 1. The predicted molar refractivity (Wildman–Crippen MR) is 105 cm³/mol. The van der Waals surface area contributed by atoms with Crippen LogP contribution in [0.5, 0.6) is 5.75 Å². The van der Waals surface area contributed by atoms with Crippen LogP contribution in [0.3, 0.4) is 0 Å². The van der Waals surface area contributed by atoms with Gasteiger partial charge in [0.2, 0.25) is 0 Å². The molecule has 0 unspecified atom stereocenters. The average Bonchev–Trinajstić information content (AvgIpc) is 2.58. The largest absolute Gasteiger partial charge is 0.478 e. The van der Waals surface area contributed by atoms with Gasteiger partial charge in [0.05, 0.1) is 10.0 Å². The third-order valence-electron chi connectivity index (χ3n) is 3.35. The molecule has 1 aromatic carbocycles. The van der Waals surface area contributed by atoms with E-state index in [9.17, 15) is 14.4 Å². The summed E-state index contributed by atoms with van der Waals surface area (Å²) in [7, 11) is 0. The number of pyridine rings is 1. The number of urea groups is 1. The number of nitrogens with one attached hydrogen (secondary N) is 2. The van der Waals surface area contributed by atoms with Crippen LogP contribution in [0.15, 0.2) is 18.2 Å². The van der Waals surface area contributed by atoms with E-state index in [2.05, 4.69) is 10.3 Å². The van der Waals surface area contributed by atoms with Crippen LogP contribution in [0.2, 0.25) is 10.0 Å². The van der Waals surface area contributed by atoms with E-state index in [1.807, 2.05) is 5.32 Å². The Kier molecular flexibility index (Phi) is 7.42. The number of carbonyl (C=O) groups excluding carboxylic acids is 3. The van der Waals surface area contributed by atoms with Gasteiger partial charge in [0.15, 0.2) is 19.0 Å². The van der Waals surface area contributed by atoms with E-state index in [4.69, 9.17) is 32.7 Å². The van der Waals surface area contributed by atoms with Crippen molar-refractivity contribution >= 4 is 52.0 Å². The lowest BCUT2D eigenvalue weighted by Gasteiger charge is -2.12. The molecule has 0 saturated carbocycles. The highest BCUT2D eigenvalue weighted by molar-refractivity contribution is 6.39. The topological polar surface area (TPSA) is 107 Å². The van der Waals surface area contributed by atoms with Crippen LogP contribution in [0, 0.1) is 6.92 Å². The Morgan fingerprint density at radius 2 is 1.86 bits per heavy atom. The van der Waals surface area contributed by atoms with Crippen molar-refractivity contribution in [2.24, 2.45) is 0 Å². The van der Waals surface area contributed by atoms with E-state index in [0.717, 1.165) is 5.69 Å². The second-order valence-electron chi connectivity index (χ2n) is 6.14. The van der Waals surface area contributed by atoms with E-state index in [1.165, 1.54) is 6.07 Å². The molecule has 0 spiro atoms. The molecule has 0 saturated heterocycles. The molecule has 8 nitrogen and oxygen atoms in total. The maximum Gasteiger partial charge on any atom is 0.344 e. The second-order valence-corrected chi connectivity index (χ2v) is 6.96. The van der Waals surface area contributed by atoms with Gasteiger partial charge in [-0.05, 0) is 39.0 Å². The van der Waals surface area contributed by atoms with Crippen LogP contribution in [-0.2, 0) is 14.3 Å². The molecule has 0 bridgehead atoms. The zero-order valence-corrected chi connectivity index (χ0v) is 17.0. The number of aryl methyl sites for hydroxylation is 1. The number of aromatic nitrogens is 1. The lowest BCUT2D eigenvalue weighted by Crippen LogP contribution is -2.44. The van der Waals surface area contributed by atoms with Crippen molar-refractivity contribution in [3.8, 4) is 5.75 Å². The number of hydrogen-bond acceptors (Lipinski definition) is 6. The van der Waals surface area contributed by atoms with Gasteiger partial charge < -0.3 is 14.8 Å². The minimum atomic E-state index is -0.814. The molecule has 1 aromatic heterocycles. The summed E-state index contributed by atoms with van der Waals surface area (Å²) < 4.78 is 10.2. The van der Waals surface area contributed by atoms with Gasteiger partial charge in [-0.3, -0.25) is 10.1 Å². The summed E-state index contributed by atoms with van der Waals surface area (Å²) >= 11 is 12.3. The molecule has 150 valence electrons. The molecule has 0 fully saturated rings. The third kappa shape index (κ3) is 5.97. The Hall–Kier alpha value is -2.58. The van der Waals surface area contributed by atoms with Gasteiger partial charge in [0.25, 0.3) is 5.91 Å². The first kappa shape index (κ1) is 21.7. The number of fused-ring (bicyclic) bond motifs is 1. The molecule has 2 N–H and O–H groups in total. The molecule has 0 radical (unpaired) electrons. The number of halogens is 2. The van der Waals surface area contributed by atoms with Crippen LogP contribution < -0.4 is 15.4 Å². The monoisotopic (exact) mass is 427 g/mol. The van der Waals surface area contributed by atoms with Crippen LogP contribution in [0.4, 0.5) is 4.79 Å². The molecule has 28 heavy (non-hydrogen) atoms. The van der Waals surface area contributed by atoms with Crippen molar-refractivity contribution < 1.29 is 23.9 Å². The Morgan fingerprint density at radius 3 is 2.54 bits per heavy atom. The van der Waals surface area contributed by atoms with Gasteiger partial charge in [0, 0.05) is 17.1 Å². The number of ether oxygens (including phenoxy) is 2. The highest BCUT2D eigenvalue weighted by Gasteiger charge is 2.16. The number of imide groups is 1. The summed E-state index contributed by atoms with van der Waals surface area (Å²) in [4.78, 5) is 39.2. The summed E-state index contributed by atoms with van der Waals surface area (Å²) in [5, 5.41) is 5.71. The Bertz CT molecular complexity index is 918. The van der Waals surface area contributed by atoms with Crippen molar-refractivity contribution in [3.05, 3.63) is 33.9 Å². The molecule has 2 rings (SSSR count). The van der Waals surface area contributed by atoms with Crippen LogP contribution in [-0.4, -0.2) is 42.1 Å². The summed E-state index contributed by atoms with van der Waals surface area (Å²) in [5.41, 5.74) is 1.13. The molecule has 10 heteroatoms. The maximum atomic E-state index is 11.8. The first-order chi connectivity index (χ1) is 13.2. The first-order valence-corrected chi connectivity index (χ1v) is 9.07. The van der Waals surface area contributed by atoms with Gasteiger partial charge in [-0.25, -0.2) is 14.6 Å². The molecule has 0 aliphatic rings. The molecular formula is C18H19Cl2N3O5. The molecule has 1 heterocycles. The Morgan fingerprint density at radius 1 is 1.14 bits per heavy atom. The highest BCUT2D eigenvalue weighted by Crippen LogP contribution is 2.37. The molecule has 0 aliphatic heterocycles. The zero-order chi connectivity index (χ0) is 20.8. The maximum absolute atomic E-state index is 11.8. The average molecular weight is 428 g/mol. The van der Waals surface area contributed by atoms with Crippen LogP contribution >= 0.6 is 23.2 Å². The standard InChI is InChI=1S/C18H19Cl2N3O5/c1-9(2)21-18(26)23-14(24)7-27-15(25)8-28-17-13(20)6-12(19)11-5-4-10(3)22-16(11)17/h4-6,9H,7-8H2,1-3H3,(H2,21,23,24,26). The van der Waals surface area contributed by atoms with Gasteiger partial charge in [0.1, 0.15) is 5.52 Å². The minimum Gasteiger partial charge on any atom is -0.478 e. The SMILES string of the molecule is Cc1ccc2c(Cl)cc(Cl)c(OCC(=O)OCC(=O)NC(=O)NC(C)C)c2n1. The van der Waals surface area contributed by atoms with Gasteiger partial charge in [-0.1, -0.05) is 23.2 Å². The number of esters is 1. The summed E-state index contributed by atoms with van der Waals surface area (Å²) in [5.74, 6) is -1.40. The fraction of sp³-hybridized carbons (Fsp3) is 0.333. The zero-order valence-electron chi connectivity index (χ0n) is 15.5. The summed E-state index contributed by atoms with van der Waals surface area (Å²) in [6.07, 6.45) is 0. The fourth-order valence-corrected chi connectivity index (χ4v) is 2.78. The van der Waals surface area contributed by atoms with Crippen LogP contribution in [0.25, 0.3) is 10.9 Å². The quantitative estimate of drug-likeness (QED) is 0.686. The van der Waals surface area contributed by atoms with Gasteiger partial charge >= 0.3 is 12.0 Å². The summed E-state index contributed by atoms with van der Waals surface area (Å²) in [6.45, 7) is 4.14. The van der Waals surface area contributed by atoms with Gasteiger partial charge in [-0.2, -0.15) is 0 Å². The van der Waals surface area contributed by atoms with Crippen molar-refractivity contribution in [2.75, 3.05) is 13.2 Å². The van der Waals surface area contributed by atoms with Gasteiger partial charge in [-0.15, -0.1) is 0 Å². The Labute approximate surface area is 171 Å². The van der Waals surface area contributed by atoms with E-state index >= 15 is 0 Å². The lowest BCUT2D eigenvalue weighted by atomic mass is 10.2. The Balaban J connectivity index is 1.95. The van der Waals surface area contributed by atoms with Crippen molar-refractivity contribution in [3.63, 3.8) is 0 Å².